The van der Waals surface area contributed by atoms with Crippen LogP contribution in [0.5, 0.6) is 11.5 Å². The lowest BCUT2D eigenvalue weighted by atomic mass is 9.86. The molecule has 26 heavy (non-hydrogen) atoms. The largest absolute Gasteiger partial charge is 0.507 e. The van der Waals surface area contributed by atoms with Crippen LogP contribution in [0.25, 0.3) is 0 Å². The highest BCUT2D eigenvalue weighted by Crippen LogP contribution is 2.34. The number of para-hydroxylation sites is 2. The Morgan fingerprint density at radius 1 is 0.654 bits per heavy atom. The lowest BCUT2D eigenvalue weighted by molar-refractivity contribution is 0.450. The first-order chi connectivity index (χ1) is 12.0. The highest BCUT2D eigenvalue weighted by atomic mass is 31.1. The summed E-state index contributed by atoms with van der Waals surface area (Å²) in [5, 5.41) is 23.3. The highest BCUT2D eigenvalue weighted by molar-refractivity contribution is 7.51. The van der Waals surface area contributed by atoms with Crippen molar-refractivity contribution in [2.75, 3.05) is 12.3 Å². The number of aromatic hydroxyl groups is 2. The number of hydrogen-bond donors (Lipinski definition) is 2. The van der Waals surface area contributed by atoms with Gasteiger partial charge < -0.3 is 10.2 Å². The van der Waals surface area contributed by atoms with Gasteiger partial charge in [-0.3, -0.25) is 0 Å². The second kappa shape index (κ2) is 8.28. The molecule has 0 aliphatic rings. The molecule has 2 atom stereocenters. The molecule has 0 amide bonds. The van der Waals surface area contributed by atoms with E-state index < -0.39 is 0 Å². The molecule has 0 aromatic heterocycles. The van der Waals surface area contributed by atoms with Crippen LogP contribution >= 0.6 is 17.2 Å². The molecule has 0 fully saturated rings. The van der Waals surface area contributed by atoms with Crippen LogP contribution in [0.2, 0.25) is 0 Å². The van der Waals surface area contributed by atoms with Crippen molar-refractivity contribution in [1.29, 1.82) is 0 Å². The lowest BCUT2D eigenvalue weighted by Gasteiger charge is -2.22. The van der Waals surface area contributed by atoms with Crippen molar-refractivity contribution in [2.24, 2.45) is 0 Å². The first kappa shape index (κ1) is 21.2. The van der Waals surface area contributed by atoms with Crippen molar-refractivity contribution < 1.29 is 10.2 Å². The van der Waals surface area contributed by atoms with Gasteiger partial charge in [0.2, 0.25) is 0 Å². The Labute approximate surface area is 162 Å². The van der Waals surface area contributed by atoms with Gasteiger partial charge in [0.1, 0.15) is 11.5 Å². The van der Waals surface area contributed by atoms with Crippen LogP contribution in [0.3, 0.4) is 0 Å². The molecule has 2 aromatic carbocycles. The Balaban J connectivity index is 2.01. The van der Waals surface area contributed by atoms with Crippen LogP contribution < -0.4 is 10.6 Å². The number of phenols is 2. The third-order valence-electron chi connectivity index (χ3n) is 4.44. The van der Waals surface area contributed by atoms with Gasteiger partial charge in [-0.1, -0.05) is 95.1 Å². The number of benzene rings is 2. The molecule has 2 nitrogen and oxygen atoms in total. The summed E-state index contributed by atoms with van der Waals surface area (Å²) in [6, 6.07) is 12.2. The van der Waals surface area contributed by atoms with E-state index >= 15 is 0 Å². The van der Waals surface area contributed by atoms with E-state index in [9.17, 15) is 10.2 Å². The molecule has 0 heterocycles. The Kier molecular flexibility index (Phi) is 6.75. The van der Waals surface area contributed by atoms with E-state index in [1.54, 1.807) is 0 Å². The Bertz CT molecular complexity index is 690. The Hall–Kier alpha value is -1.10. The molecule has 2 aromatic rings. The van der Waals surface area contributed by atoms with Gasteiger partial charge in [-0.05, 0) is 34.3 Å². The zero-order valence-corrected chi connectivity index (χ0v) is 18.8. The summed E-state index contributed by atoms with van der Waals surface area (Å²) in [5.41, 5.74) is 1.93. The van der Waals surface area contributed by atoms with E-state index in [4.69, 9.17) is 0 Å². The average molecular weight is 390 g/mol. The standard InChI is InChI=1S/C22H32O2P2/c1-21(2,3)15-9-7-11-17(19(15)23)25-13-14-26-18-12-8-10-16(20(18)24)22(4,5)6/h7-12,23-26H,13-14H2,1-6H3. The number of phenolic OH excluding ortho intramolecular Hbond substituents is 2. The van der Waals surface area contributed by atoms with Gasteiger partial charge in [-0.25, -0.2) is 0 Å². The van der Waals surface area contributed by atoms with Crippen molar-refractivity contribution in [1.82, 2.24) is 0 Å². The average Bonchev–Trinajstić information content (AvgIpc) is 2.52. The van der Waals surface area contributed by atoms with Crippen molar-refractivity contribution >= 4 is 27.8 Å². The first-order valence-electron chi connectivity index (χ1n) is 9.14. The molecule has 2 rings (SSSR count). The summed E-state index contributed by atoms with van der Waals surface area (Å²) in [5.74, 6) is 0.915. The Morgan fingerprint density at radius 2 is 1.00 bits per heavy atom. The zero-order chi connectivity index (χ0) is 19.5. The normalized spacial score (nSPS) is 13.3. The van der Waals surface area contributed by atoms with Gasteiger partial charge in [-0.15, -0.1) is 0 Å². The molecule has 0 spiro atoms. The molecule has 0 aliphatic heterocycles. The Morgan fingerprint density at radius 3 is 1.31 bits per heavy atom. The first-order valence-corrected chi connectivity index (χ1v) is 11.6. The van der Waals surface area contributed by atoms with Gasteiger partial charge >= 0.3 is 0 Å². The second-order valence-corrected chi connectivity index (χ2v) is 11.5. The summed E-state index contributed by atoms with van der Waals surface area (Å²) in [7, 11) is 1.18. The van der Waals surface area contributed by atoms with Gasteiger partial charge in [0.25, 0.3) is 0 Å². The van der Waals surface area contributed by atoms with Crippen LogP contribution in [0.15, 0.2) is 36.4 Å². The SMILES string of the molecule is CC(C)(C)c1cccc(PCCPc2cccc(C(C)(C)C)c2O)c1O. The van der Waals surface area contributed by atoms with Crippen LogP contribution in [0.1, 0.15) is 52.7 Å². The number of hydrogen-bond acceptors (Lipinski definition) is 2. The van der Waals surface area contributed by atoms with Gasteiger partial charge in [0.15, 0.2) is 0 Å². The van der Waals surface area contributed by atoms with Crippen molar-refractivity contribution in [2.45, 2.75) is 52.4 Å². The van der Waals surface area contributed by atoms with Crippen molar-refractivity contribution in [3.63, 3.8) is 0 Å². The molecule has 0 saturated carbocycles. The van der Waals surface area contributed by atoms with E-state index in [1.807, 2.05) is 36.4 Å². The van der Waals surface area contributed by atoms with E-state index in [0.717, 1.165) is 34.1 Å². The summed E-state index contributed by atoms with van der Waals surface area (Å²) in [6.07, 6.45) is 2.05. The third-order valence-corrected chi connectivity index (χ3v) is 7.51. The minimum Gasteiger partial charge on any atom is -0.507 e. The lowest BCUT2D eigenvalue weighted by Crippen LogP contribution is -2.15. The predicted molar refractivity (Wildman–Crippen MR) is 119 cm³/mol. The van der Waals surface area contributed by atoms with Crippen LogP contribution in [0, 0.1) is 0 Å². The molecule has 0 radical (unpaired) electrons. The summed E-state index contributed by atoms with van der Waals surface area (Å²) in [6.45, 7) is 12.8. The molecule has 2 N–H and O–H groups in total. The second-order valence-electron chi connectivity index (χ2n) is 8.76. The predicted octanol–water partition coefficient (Wildman–Crippen LogP) is 5.00. The van der Waals surface area contributed by atoms with Gasteiger partial charge in [-0.2, -0.15) is 0 Å². The van der Waals surface area contributed by atoms with Crippen LogP contribution in [-0.2, 0) is 10.8 Å². The van der Waals surface area contributed by atoms with E-state index in [-0.39, 0.29) is 10.8 Å². The zero-order valence-electron chi connectivity index (χ0n) is 16.8. The summed E-state index contributed by atoms with van der Waals surface area (Å²) < 4.78 is 0. The topological polar surface area (TPSA) is 40.5 Å². The highest BCUT2D eigenvalue weighted by Gasteiger charge is 2.20. The minimum absolute atomic E-state index is 0.0501. The van der Waals surface area contributed by atoms with E-state index in [1.165, 1.54) is 0 Å². The van der Waals surface area contributed by atoms with E-state index in [0.29, 0.717) is 28.7 Å². The fraction of sp³-hybridized carbons (Fsp3) is 0.455. The molecule has 0 bridgehead atoms. The maximum Gasteiger partial charge on any atom is 0.126 e. The van der Waals surface area contributed by atoms with E-state index in [2.05, 4.69) is 41.5 Å². The van der Waals surface area contributed by atoms with Gasteiger partial charge in [0.05, 0.1) is 0 Å². The molecule has 0 saturated heterocycles. The fourth-order valence-electron chi connectivity index (χ4n) is 2.98. The van der Waals surface area contributed by atoms with Crippen molar-refractivity contribution in [3.05, 3.63) is 47.5 Å². The molecular formula is C22H32O2P2. The van der Waals surface area contributed by atoms with Crippen LogP contribution in [0.4, 0.5) is 0 Å². The maximum absolute atomic E-state index is 10.6. The quantitative estimate of drug-likeness (QED) is 0.557. The van der Waals surface area contributed by atoms with Crippen LogP contribution in [-0.4, -0.2) is 22.5 Å². The molecule has 0 aliphatic carbocycles. The number of rotatable bonds is 5. The monoisotopic (exact) mass is 390 g/mol. The molecule has 142 valence electrons. The minimum atomic E-state index is -0.0501. The molecular weight excluding hydrogens is 358 g/mol. The molecule has 2 unspecified atom stereocenters. The van der Waals surface area contributed by atoms with Crippen molar-refractivity contribution in [3.8, 4) is 11.5 Å². The molecule has 4 heteroatoms. The summed E-state index contributed by atoms with van der Waals surface area (Å²) >= 11 is 0. The fourth-order valence-corrected chi connectivity index (χ4v) is 5.55. The maximum atomic E-state index is 10.6. The van der Waals surface area contributed by atoms with Gasteiger partial charge in [0, 0.05) is 10.6 Å². The summed E-state index contributed by atoms with van der Waals surface area (Å²) in [4.78, 5) is 0. The third kappa shape index (κ3) is 5.21. The smallest absolute Gasteiger partial charge is 0.126 e.